The molecule has 2 heterocycles. The monoisotopic (exact) mass is 373 g/mol. The van der Waals surface area contributed by atoms with E-state index in [-0.39, 0.29) is 28.7 Å². The first-order valence-corrected chi connectivity index (χ1v) is 9.16. The van der Waals surface area contributed by atoms with Crippen LogP contribution < -0.4 is 10.6 Å². The van der Waals surface area contributed by atoms with Crippen LogP contribution in [0.1, 0.15) is 40.5 Å². The standard InChI is InChI=1S/C20H28FN5O/c1-19(2)10-14(11-20(3,4)26(19)5)23-17-16(21)12-22-18(25-17)24-13-6-8-15(27)9-7-13/h6-9,12,14,27H,10-11H2,1-5H3,(H2,22,23,24,25). The van der Waals surface area contributed by atoms with E-state index in [1.165, 1.54) is 6.20 Å². The van der Waals surface area contributed by atoms with Gasteiger partial charge in [0.25, 0.3) is 0 Å². The molecule has 1 saturated heterocycles. The lowest BCUT2D eigenvalue weighted by Gasteiger charge is -2.53. The molecule has 6 nitrogen and oxygen atoms in total. The van der Waals surface area contributed by atoms with Gasteiger partial charge in [-0.1, -0.05) is 0 Å². The maximum absolute atomic E-state index is 14.3. The highest BCUT2D eigenvalue weighted by molar-refractivity contribution is 5.56. The van der Waals surface area contributed by atoms with Crippen LogP contribution in [-0.2, 0) is 0 Å². The number of piperidine rings is 1. The molecule has 1 fully saturated rings. The zero-order valence-corrected chi connectivity index (χ0v) is 16.5. The van der Waals surface area contributed by atoms with E-state index >= 15 is 0 Å². The van der Waals surface area contributed by atoms with Crippen LogP contribution in [0.2, 0.25) is 0 Å². The number of phenols is 1. The number of phenolic OH excluding ortho intramolecular Hbond substituents is 1. The summed E-state index contributed by atoms with van der Waals surface area (Å²) in [4.78, 5) is 10.7. The van der Waals surface area contributed by atoms with Gasteiger partial charge in [0.2, 0.25) is 5.95 Å². The lowest BCUT2D eigenvalue weighted by Crippen LogP contribution is -2.61. The third-order valence-corrected chi connectivity index (χ3v) is 5.52. The number of hydrogen-bond acceptors (Lipinski definition) is 6. The predicted octanol–water partition coefficient (Wildman–Crippen LogP) is 4.13. The van der Waals surface area contributed by atoms with Gasteiger partial charge in [-0.05, 0) is 71.8 Å². The van der Waals surface area contributed by atoms with Gasteiger partial charge in [0.15, 0.2) is 11.6 Å². The molecule has 0 spiro atoms. The van der Waals surface area contributed by atoms with Gasteiger partial charge >= 0.3 is 0 Å². The number of likely N-dealkylation sites (tertiary alicyclic amines) is 1. The Morgan fingerprint density at radius 1 is 1.11 bits per heavy atom. The molecule has 1 aliphatic heterocycles. The van der Waals surface area contributed by atoms with Gasteiger partial charge in [-0.3, -0.25) is 4.90 Å². The van der Waals surface area contributed by atoms with Crippen molar-refractivity contribution in [1.82, 2.24) is 14.9 Å². The molecule has 3 rings (SSSR count). The Morgan fingerprint density at radius 2 is 1.70 bits per heavy atom. The minimum atomic E-state index is -0.471. The Balaban J connectivity index is 1.77. The van der Waals surface area contributed by atoms with Gasteiger partial charge in [0.05, 0.1) is 6.20 Å². The molecule has 2 aromatic rings. The van der Waals surface area contributed by atoms with Crippen molar-refractivity contribution in [1.29, 1.82) is 0 Å². The molecule has 0 amide bonds. The molecular formula is C20H28FN5O. The maximum Gasteiger partial charge on any atom is 0.229 e. The molecule has 0 aliphatic carbocycles. The van der Waals surface area contributed by atoms with Crippen molar-refractivity contribution in [3.05, 3.63) is 36.3 Å². The number of hydrogen-bond donors (Lipinski definition) is 3. The van der Waals surface area contributed by atoms with Gasteiger partial charge in [-0.15, -0.1) is 0 Å². The maximum atomic E-state index is 14.3. The van der Waals surface area contributed by atoms with E-state index in [0.717, 1.165) is 12.8 Å². The van der Waals surface area contributed by atoms with Crippen molar-refractivity contribution in [3.63, 3.8) is 0 Å². The number of benzene rings is 1. The molecule has 0 bridgehead atoms. The average molecular weight is 373 g/mol. The summed E-state index contributed by atoms with van der Waals surface area (Å²) in [5, 5.41) is 15.7. The summed E-state index contributed by atoms with van der Waals surface area (Å²) in [5.74, 6) is 0.208. The first-order valence-electron chi connectivity index (χ1n) is 9.16. The van der Waals surface area contributed by atoms with Crippen LogP contribution in [0.3, 0.4) is 0 Å². The van der Waals surface area contributed by atoms with E-state index in [4.69, 9.17) is 0 Å². The van der Waals surface area contributed by atoms with E-state index < -0.39 is 5.82 Å². The molecular weight excluding hydrogens is 345 g/mol. The third kappa shape index (κ3) is 4.30. The van der Waals surface area contributed by atoms with Crippen molar-refractivity contribution in [2.24, 2.45) is 0 Å². The van der Waals surface area contributed by atoms with Crippen LogP contribution in [0.25, 0.3) is 0 Å². The van der Waals surface area contributed by atoms with Crippen LogP contribution in [0, 0.1) is 5.82 Å². The van der Waals surface area contributed by atoms with Gasteiger partial charge in [-0.2, -0.15) is 4.98 Å². The molecule has 0 unspecified atom stereocenters. The smallest absolute Gasteiger partial charge is 0.229 e. The minimum Gasteiger partial charge on any atom is -0.508 e. The van der Waals surface area contributed by atoms with Gasteiger partial charge in [0, 0.05) is 22.8 Å². The van der Waals surface area contributed by atoms with E-state index in [9.17, 15) is 9.50 Å². The largest absolute Gasteiger partial charge is 0.508 e. The van der Waals surface area contributed by atoms with Gasteiger partial charge < -0.3 is 15.7 Å². The number of rotatable bonds is 4. The SMILES string of the molecule is CN1C(C)(C)CC(Nc2nc(Nc3ccc(O)cc3)ncc2F)CC1(C)C. The third-order valence-electron chi connectivity index (χ3n) is 5.52. The fraction of sp³-hybridized carbons (Fsp3) is 0.500. The normalized spacial score (nSPS) is 19.6. The summed E-state index contributed by atoms with van der Waals surface area (Å²) in [6.45, 7) is 8.82. The summed E-state index contributed by atoms with van der Waals surface area (Å²) in [6.07, 6.45) is 2.94. The van der Waals surface area contributed by atoms with Crippen molar-refractivity contribution >= 4 is 17.5 Å². The molecule has 0 radical (unpaired) electrons. The van der Waals surface area contributed by atoms with Crippen LogP contribution in [0.4, 0.5) is 21.8 Å². The van der Waals surface area contributed by atoms with Crippen molar-refractivity contribution in [2.45, 2.75) is 57.7 Å². The summed E-state index contributed by atoms with van der Waals surface area (Å²) in [7, 11) is 2.14. The van der Waals surface area contributed by atoms with E-state index in [0.29, 0.717) is 11.6 Å². The number of halogens is 1. The second kappa shape index (κ2) is 6.96. The summed E-state index contributed by atoms with van der Waals surface area (Å²) >= 11 is 0. The molecule has 1 aromatic heterocycles. The Morgan fingerprint density at radius 3 is 2.30 bits per heavy atom. The van der Waals surface area contributed by atoms with Crippen LogP contribution >= 0.6 is 0 Å². The lowest BCUT2D eigenvalue weighted by atomic mass is 9.77. The zero-order chi connectivity index (χ0) is 19.8. The molecule has 1 aliphatic rings. The fourth-order valence-corrected chi connectivity index (χ4v) is 3.87. The number of aromatic nitrogens is 2. The van der Waals surface area contributed by atoms with Crippen molar-refractivity contribution in [3.8, 4) is 5.75 Å². The highest BCUT2D eigenvalue weighted by atomic mass is 19.1. The predicted molar refractivity (Wildman–Crippen MR) is 106 cm³/mol. The topological polar surface area (TPSA) is 73.3 Å². The Kier molecular flexibility index (Phi) is 4.99. The zero-order valence-electron chi connectivity index (χ0n) is 16.5. The van der Waals surface area contributed by atoms with E-state index in [1.807, 2.05) is 0 Å². The number of aromatic hydroxyl groups is 1. The second-order valence-corrected chi connectivity index (χ2v) is 8.50. The molecule has 0 saturated carbocycles. The molecule has 27 heavy (non-hydrogen) atoms. The fourth-order valence-electron chi connectivity index (χ4n) is 3.87. The molecule has 146 valence electrons. The Labute approximate surface area is 159 Å². The molecule has 1 aromatic carbocycles. The molecule has 3 N–H and O–H groups in total. The number of nitrogens with one attached hydrogen (secondary N) is 2. The number of nitrogens with zero attached hydrogens (tertiary/aromatic N) is 3. The second-order valence-electron chi connectivity index (χ2n) is 8.50. The summed E-state index contributed by atoms with van der Waals surface area (Å²) < 4.78 is 14.3. The molecule has 0 atom stereocenters. The molecule has 7 heteroatoms. The number of anilines is 3. The summed E-state index contributed by atoms with van der Waals surface area (Å²) in [5.41, 5.74) is 0.707. The quantitative estimate of drug-likeness (QED) is 0.700. The van der Waals surface area contributed by atoms with Crippen molar-refractivity contribution in [2.75, 3.05) is 17.7 Å². The average Bonchev–Trinajstić information content (AvgIpc) is 2.57. The van der Waals surface area contributed by atoms with Crippen LogP contribution in [-0.4, -0.2) is 44.1 Å². The Bertz CT molecular complexity index is 789. The minimum absolute atomic E-state index is 0.00392. The highest BCUT2D eigenvalue weighted by Gasteiger charge is 2.43. The van der Waals surface area contributed by atoms with Gasteiger partial charge in [-0.25, -0.2) is 9.37 Å². The van der Waals surface area contributed by atoms with E-state index in [1.54, 1.807) is 24.3 Å². The first-order chi connectivity index (χ1) is 12.6. The van der Waals surface area contributed by atoms with Gasteiger partial charge in [0.1, 0.15) is 5.75 Å². The van der Waals surface area contributed by atoms with Crippen LogP contribution in [0.5, 0.6) is 5.75 Å². The Hall–Kier alpha value is -2.41. The summed E-state index contributed by atoms with van der Waals surface area (Å²) in [6, 6.07) is 6.65. The van der Waals surface area contributed by atoms with E-state index in [2.05, 4.69) is 60.2 Å². The first kappa shape index (κ1) is 19.4. The van der Waals surface area contributed by atoms with Crippen LogP contribution in [0.15, 0.2) is 30.5 Å². The highest BCUT2D eigenvalue weighted by Crippen LogP contribution is 2.38. The van der Waals surface area contributed by atoms with Crippen molar-refractivity contribution < 1.29 is 9.50 Å². The lowest BCUT2D eigenvalue weighted by molar-refractivity contribution is -0.00778.